The standard InChI is InChI=1S/C8H7N2O2/c1-2-7(11-3-1)6-12-8-4-9-10-5-8/h1-4H,6H2,(H,9,10). The van der Waals surface area contributed by atoms with Gasteiger partial charge in [-0.05, 0) is 12.1 Å². The molecule has 2 rings (SSSR count). The van der Waals surface area contributed by atoms with Gasteiger partial charge >= 0.3 is 0 Å². The maximum absolute atomic E-state index is 5.25. The second-order valence-electron chi connectivity index (χ2n) is 2.23. The minimum atomic E-state index is 0.406. The van der Waals surface area contributed by atoms with E-state index in [-0.39, 0.29) is 0 Å². The summed E-state index contributed by atoms with van der Waals surface area (Å²) < 4.78 is 10.3. The summed E-state index contributed by atoms with van der Waals surface area (Å²) in [4.78, 5) is 0. The lowest BCUT2D eigenvalue weighted by Crippen LogP contribution is -1.91. The molecule has 2 aromatic rings. The van der Waals surface area contributed by atoms with Crippen molar-refractivity contribution in [3.63, 3.8) is 0 Å². The highest BCUT2D eigenvalue weighted by Crippen LogP contribution is 2.08. The normalized spacial score (nSPS) is 10.0. The smallest absolute Gasteiger partial charge is 0.167 e. The van der Waals surface area contributed by atoms with Crippen molar-refractivity contribution in [3.05, 3.63) is 36.5 Å². The summed E-state index contributed by atoms with van der Waals surface area (Å²) in [7, 11) is 0. The number of rotatable bonds is 3. The van der Waals surface area contributed by atoms with E-state index < -0.39 is 0 Å². The maximum atomic E-state index is 5.25. The minimum Gasteiger partial charge on any atom is -0.482 e. The maximum Gasteiger partial charge on any atom is 0.167 e. The van der Waals surface area contributed by atoms with Gasteiger partial charge in [0.25, 0.3) is 0 Å². The van der Waals surface area contributed by atoms with Gasteiger partial charge in [0.1, 0.15) is 12.4 Å². The number of aromatic amines is 1. The number of nitrogens with zero attached hydrogens (tertiary/aromatic N) is 1. The Labute approximate surface area is 69.2 Å². The number of nitrogens with one attached hydrogen (secondary N) is 1. The van der Waals surface area contributed by atoms with Crippen LogP contribution in [0.3, 0.4) is 0 Å². The molecule has 1 N–H and O–H groups in total. The Balaban J connectivity index is 1.91. The summed E-state index contributed by atoms with van der Waals surface area (Å²) >= 11 is 0. The van der Waals surface area contributed by atoms with Gasteiger partial charge in [0.15, 0.2) is 11.9 Å². The Morgan fingerprint density at radius 3 is 3.33 bits per heavy atom. The van der Waals surface area contributed by atoms with Crippen molar-refractivity contribution >= 4 is 0 Å². The molecule has 2 heterocycles. The van der Waals surface area contributed by atoms with Crippen LogP contribution in [-0.4, -0.2) is 10.2 Å². The molecule has 0 aliphatic carbocycles. The van der Waals surface area contributed by atoms with Gasteiger partial charge < -0.3 is 9.15 Å². The minimum absolute atomic E-state index is 0.406. The van der Waals surface area contributed by atoms with Crippen LogP contribution >= 0.6 is 0 Å². The number of H-pyrrole nitrogens is 1. The van der Waals surface area contributed by atoms with E-state index in [1.807, 2.05) is 12.1 Å². The third-order valence-electron chi connectivity index (χ3n) is 1.38. The molecular formula is C8H7N2O2. The number of aromatic nitrogens is 2. The predicted octanol–water partition coefficient (Wildman–Crippen LogP) is 1.38. The van der Waals surface area contributed by atoms with Gasteiger partial charge in [-0.25, -0.2) is 0 Å². The molecule has 61 valence electrons. The van der Waals surface area contributed by atoms with Crippen molar-refractivity contribution in [1.82, 2.24) is 10.2 Å². The molecule has 0 aromatic carbocycles. The molecule has 12 heavy (non-hydrogen) atoms. The number of hydrogen-bond donors (Lipinski definition) is 1. The van der Waals surface area contributed by atoms with E-state index in [0.717, 1.165) is 5.76 Å². The fourth-order valence-electron chi connectivity index (χ4n) is 0.828. The average molecular weight is 163 g/mol. The Morgan fingerprint density at radius 2 is 2.67 bits per heavy atom. The Hall–Kier alpha value is -1.71. The van der Waals surface area contributed by atoms with Crippen molar-refractivity contribution in [2.24, 2.45) is 0 Å². The van der Waals surface area contributed by atoms with E-state index in [0.29, 0.717) is 12.4 Å². The molecule has 0 saturated heterocycles. The van der Waals surface area contributed by atoms with Crippen molar-refractivity contribution < 1.29 is 9.15 Å². The highest BCUT2D eigenvalue weighted by Gasteiger charge is 1.97. The van der Waals surface area contributed by atoms with Gasteiger partial charge in [-0.3, -0.25) is 5.10 Å². The monoisotopic (exact) mass is 163 g/mol. The van der Waals surface area contributed by atoms with Gasteiger partial charge in [0.05, 0.1) is 12.5 Å². The first-order valence-electron chi connectivity index (χ1n) is 3.52. The SMILES string of the molecule is [c]1n[nH]cc1OCc1ccco1. The Kier molecular flexibility index (Phi) is 1.82. The molecule has 0 saturated carbocycles. The van der Waals surface area contributed by atoms with E-state index >= 15 is 0 Å². The lowest BCUT2D eigenvalue weighted by atomic mass is 10.5. The third-order valence-corrected chi connectivity index (χ3v) is 1.38. The first kappa shape index (κ1) is 6.97. The van der Waals surface area contributed by atoms with Gasteiger partial charge in [-0.15, -0.1) is 0 Å². The van der Waals surface area contributed by atoms with Crippen LogP contribution in [0.1, 0.15) is 5.76 Å². The molecule has 0 unspecified atom stereocenters. The summed E-state index contributed by atoms with van der Waals surface area (Å²) in [6, 6.07) is 3.66. The topological polar surface area (TPSA) is 51.0 Å². The Bertz CT molecular complexity index is 278. The van der Waals surface area contributed by atoms with Crippen LogP contribution in [-0.2, 0) is 6.61 Å². The lowest BCUT2D eigenvalue weighted by molar-refractivity contribution is 0.270. The van der Waals surface area contributed by atoms with E-state index in [2.05, 4.69) is 16.4 Å². The predicted molar refractivity (Wildman–Crippen MR) is 40.5 cm³/mol. The first-order valence-corrected chi connectivity index (χ1v) is 3.52. The lowest BCUT2D eigenvalue weighted by Gasteiger charge is -1.97. The second kappa shape index (κ2) is 3.13. The van der Waals surface area contributed by atoms with Crippen LogP contribution in [0.4, 0.5) is 0 Å². The zero-order valence-corrected chi connectivity index (χ0v) is 6.28. The largest absolute Gasteiger partial charge is 0.482 e. The van der Waals surface area contributed by atoms with E-state index in [1.54, 1.807) is 12.5 Å². The summed E-state index contributed by atoms with van der Waals surface area (Å²) in [5, 5.41) is 6.22. The van der Waals surface area contributed by atoms with Gasteiger partial charge in [0, 0.05) is 0 Å². The number of furan rings is 1. The van der Waals surface area contributed by atoms with Crippen molar-refractivity contribution in [1.29, 1.82) is 0 Å². The molecule has 2 aromatic heterocycles. The van der Waals surface area contributed by atoms with Gasteiger partial charge in [-0.1, -0.05) is 0 Å². The van der Waals surface area contributed by atoms with Crippen LogP contribution in [0.25, 0.3) is 0 Å². The summed E-state index contributed by atoms with van der Waals surface area (Å²) in [6.45, 7) is 0.406. The molecule has 4 nitrogen and oxygen atoms in total. The molecule has 4 heteroatoms. The number of hydrogen-bond acceptors (Lipinski definition) is 3. The van der Waals surface area contributed by atoms with Gasteiger partial charge in [-0.2, -0.15) is 5.10 Å². The second-order valence-corrected chi connectivity index (χ2v) is 2.23. The molecule has 0 spiro atoms. The van der Waals surface area contributed by atoms with Crippen LogP contribution in [0.5, 0.6) is 5.75 Å². The van der Waals surface area contributed by atoms with Crippen molar-refractivity contribution in [2.75, 3.05) is 0 Å². The molecule has 0 atom stereocenters. The fourth-order valence-corrected chi connectivity index (χ4v) is 0.828. The molecule has 0 aliphatic heterocycles. The average Bonchev–Trinajstić information content (AvgIpc) is 2.74. The van der Waals surface area contributed by atoms with Crippen LogP contribution in [0, 0.1) is 6.20 Å². The molecule has 0 fully saturated rings. The zero-order chi connectivity index (χ0) is 8.23. The van der Waals surface area contributed by atoms with Crippen LogP contribution in [0.15, 0.2) is 29.0 Å². The number of ether oxygens (including phenoxy) is 1. The summed E-state index contributed by atoms with van der Waals surface area (Å²) in [5.74, 6) is 1.37. The summed E-state index contributed by atoms with van der Waals surface area (Å²) in [6.07, 6.45) is 5.87. The van der Waals surface area contributed by atoms with Crippen LogP contribution < -0.4 is 4.74 Å². The fraction of sp³-hybridized carbons (Fsp3) is 0.125. The summed E-state index contributed by atoms with van der Waals surface area (Å²) in [5.41, 5.74) is 0. The first-order chi connectivity index (χ1) is 5.95. The van der Waals surface area contributed by atoms with Gasteiger partial charge in [0.2, 0.25) is 0 Å². The highest BCUT2D eigenvalue weighted by molar-refractivity contribution is 5.09. The zero-order valence-electron chi connectivity index (χ0n) is 6.28. The van der Waals surface area contributed by atoms with Crippen molar-refractivity contribution in [3.8, 4) is 5.75 Å². The molecule has 0 amide bonds. The van der Waals surface area contributed by atoms with E-state index in [9.17, 15) is 0 Å². The molecular weight excluding hydrogens is 156 g/mol. The molecule has 1 radical (unpaired) electrons. The van der Waals surface area contributed by atoms with Crippen molar-refractivity contribution in [2.45, 2.75) is 6.61 Å². The van der Waals surface area contributed by atoms with Crippen LogP contribution in [0.2, 0.25) is 0 Å². The third kappa shape index (κ3) is 1.47. The quantitative estimate of drug-likeness (QED) is 0.743. The van der Waals surface area contributed by atoms with E-state index in [1.165, 1.54) is 0 Å². The molecule has 0 aliphatic rings. The van der Waals surface area contributed by atoms with E-state index in [4.69, 9.17) is 9.15 Å². The molecule has 0 bridgehead atoms. The Morgan fingerprint density at radius 1 is 1.67 bits per heavy atom. The highest BCUT2D eigenvalue weighted by atomic mass is 16.5.